The molecule has 0 N–H and O–H groups in total. The molecule has 1 unspecified atom stereocenters. The predicted octanol–water partition coefficient (Wildman–Crippen LogP) is 2.70. The van der Waals surface area contributed by atoms with Gasteiger partial charge in [0, 0.05) is 12.6 Å². The summed E-state index contributed by atoms with van der Waals surface area (Å²) in [6.45, 7) is 2.00. The molecule has 0 radical (unpaired) electrons. The molecule has 27 heavy (non-hydrogen) atoms. The lowest BCUT2D eigenvalue weighted by atomic mass is 10.2. The van der Waals surface area contributed by atoms with Gasteiger partial charge in [-0.05, 0) is 25.5 Å². The van der Waals surface area contributed by atoms with E-state index in [4.69, 9.17) is 4.74 Å². The lowest BCUT2D eigenvalue weighted by Gasteiger charge is -2.16. The highest BCUT2D eigenvalue weighted by atomic mass is 32.2. The van der Waals surface area contributed by atoms with Crippen LogP contribution in [-0.2, 0) is 16.2 Å². The van der Waals surface area contributed by atoms with Crippen LogP contribution in [0.15, 0.2) is 22.7 Å². The molecule has 1 aromatic carbocycles. The molecule has 1 aliphatic heterocycles. The monoisotopic (exact) mass is 409 g/mol. The van der Waals surface area contributed by atoms with Crippen LogP contribution in [0.5, 0.6) is 5.75 Å². The van der Waals surface area contributed by atoms with Crippen molar-refractivity contribution in [2.75, 3.05) is 18.8 Å². The minimum absolute atomic E-state index is 0.0202. The van der Waals surface area contributed by atoms with Gasteiger partial charge in [-0.15, -0.1) is 0 Å². The molecule has 1 fully saturated rings. The van der Waals surface area contributed by atoms with Crippen molar-refractivity contribution < 1.29 is 35.2 Å². The van der Waals surface area contributed by atoms with E-state index in [0.717, 1.165) is 6.07 Å². The highest BCUT2D eigenvalue weighted by Crippen LogP contribution is 2.31. The molecule has 0 aliphatic carbocycles. The van der Waals surface area contributed by atoms with Crippen LogP contribution in [0, 0.1) is 5.82 Å². The third-order valence-electron chi connectivity index (χ3n) is 4.02. The van der Waals surface area contributed by atoms with Gasteiger partial charge in [0.2, 0.25) is 15.8 Å². The summed E-state index contributed by atoms with van der Waals surface area (Å²) in [4.78, 5) is 3.13. The maximum Gasteiger partial charge on any atom is 0.471 e. The topological polar surface area (TPSA) is 85.5 Å². The van der Waals surface area contributed by atoms with Crippen LogP contribution >= 0.6 is 0 Å². The molecule has 1 atom stereocenters. The third kappa shape index (κ3) is 4.21. The standard InChI is InChI=1S/C15H15F4N3O4S/c1-2-27(23,24)22-6-5-10(8-22)25-9-3-4-11(12(16)7-9)13-20-14(26-21-13)15(17,18)19/h3-4,7,10H,2,5-6,8H2,1H3. The number of sulfonamides is 1. The second-order valence-corrected chi connectivity index (χ2v) is 8.11. The Labute approximate surface area is 152 Å². The van der Waals surface area contributed by atoms with Crippen LogP contribution < -0.4 is 4.74 Å². The van der Waals surface area contributed by atoms with Crippen molar-refractivity contribution in [3.63, 3.8) is 0 Å². The van der Waals surface area contributed by atoms with Crippen LogP contribution in [0.25, 0.3) is 11.4 Å². The Morgan fingerprint density at radius 1 is 1.37 bits per heavy atom. The zero-order chi connectivity index (χ0) is 19.8. The Balaban J connectivity index is 1.72. The zero-order valence-electron chi connectivity index (χ0n) is 14.0. The maximum atomic E-state index is 14.2. The lowest BCUT2D eigenvalue weighted by Crippen LogP contribution is -2.32. The Kier molecular flexibility index (Phi) is 5.12. The fourth-order valence-electron chi connectivity index (χ4n) is 2.62. The van der Waals surface area contributed by atoms with Crippen LogP contribution in [-0.4, -0.2) is 47.8 Å². The van der Waals surface area contributed by atoms with E-state index in [0.29, 0.717) is 13.0 Å². The maximum absolute atomic E-state index is 14.2. The number of nitrogens with zero attached hydrogens (tertiary/aromatic N) is 3. The number of rotatable bonds is 5. The predicted molar refractivity (Wildman–Crippen MR) is 84.8 cm³/mol. The van der Waals surface area contributed by atoms with Gasteiger partial charge in [-0.1, -0.05) is 5.16 Å². The quantitative estimate of drug-likeness (QED) is 0.706. The number of hydrogen-bond acceptors (Lipinski definition) is 6. The average Bonchev–Trinajstić information content (AvgIpc) is 3.24. The summed E-state index contributed by atoms with van der Waals surface area (Å²) in [7, 11) is -3.32. The molecule has 7 nitrogen and oxygen atoms in total. The summed E-state index contributed by atoms with van der Waals surface area (Å²) >= 11 is 0. The lowest BCUT2D eigenvalue weighted by molar-refractivity contribution is -0.159. The molecule has 2 heterocycles. The fourth-order valence-corrected chi connectivity index (χ4v) is 3.76. The van der Waals surface area contributed by atoms with Gasteiger partial charge in [-0.2, -0.15) is 22.5 Å². The second kappa shape index (κ2) is 7.08. The highest BCUT2D eigenvalue weighted by molar-refractivity contribution is 7.89. The number of benzene rings is 1. The van der Waals surface area contributed by atoms with E-state index in [1.807, 2.05) is 0 Å². The summed E-state index contributed by atoms with van der Waals surface area (Å²) < 4.78 is 86.4. The van der Waals surface area contributed by atoms with Gasteiger partial charge in [0.25, 0.3) is 0 Å². The van der Waals surface area contributed by atoms with Gasteiger partial charge >= 0.3 is 12.1 Å². The molecule has 0 bridgehead atoms. The number of alkyl halides is 3. The van der Waals surface area contributed by atoms with Crippen LogP contribution in [0.2, 0.25) is 0 Å². The van der Waals surface area contributed by atoms with Gasteiger partial charge in [-0.3, -0.25) is 0 Å². The van der Waals surface area contributed by atoms with Crippen LogP contribution in [0.4, 0.5) is 17.6 Å². The summed E-state index contributed by atoms with van der Waals surface area (Å²) in [5.74, 6) is -2.89. The first-order chi connectivity index (χ1) is 12.6. The molecule has 0 saturated carbocycles. The summed E-state index contributed by atoms with van der Waals surface area (Å²) in [6.07, 6.45) is -4.82. The summed E-state index contributed by atoms with van der Waals surface area (Å²) in [5, 5.41) is 3.13. The molecular formula is C15H15F4N3O4S. The SMILES string of the molecule is CCS(=O)(=O)N1CCC(Oc2ccc(-c3noc(C(F)(F)F)n3)c(F)c2)C1. The first-order valence-corrected chi connectivity index (χ1v) is 9.56. The van der Waals surface area contributed by atoms with Crippen LogP contribution in [0.1, 0.15) is 19.2 Å². The van der Waals surface area contributed by atoms with Gasteiger partial charge in [0.1, 0.15) is 17.7 Å². The first-order valence-electron chi connectivity index (χ1n) is 7.95. The smallest absolute Gasteiger partial charge is 0.471 e. The van der Waals surface area contributed by atoms with E-state index < -0.39 is 39.8 Å². The Morgan fingerprint density at radius 3 is 2.70 bits per heavy atom. The Morgan fingerprint density at radius 2 is 2.11 bits per heavy atom. The van der Waals surface area contributed by atoms with Gasteiger partial charge in [0.15, 0.2) is 0 Å². The molecule has 0 spiro atoms. The molecular weight excluding hydrogens is 394 g/mol. The highest BCUT2D eigenvalue weighted by Gasteiger charge is 2.38. The molecule has 3 rings (SSSR count). The van der Waals surface area contributed by atoms with Crippen molar-refractivity contribution in [2.45, 2.75) is 25.6 Å². The van der Waals surface area contributed by atoms with E-state index >= 15 is 0 Å². The largest absolute Gasteiger partial charge is 0.489 e. The number of hydrogen-bond donors (Lipinski definition) is 0. The molecule has 2 aromatic rings. The molecule has 1 aliphatic rings. The van der Waals surface area contributed by atoms with Gasteiger partial charge in [0.05, 0.1) is 17.9 Å². The van der Waals surface area contributed by atoms with E-state index in [1.54, 1.807) is 6.92 Å². The molecule has 12 heteroatoms. The molecule has 148 valence electrons. The minimum Gasteiger partial charge on any atom is -0.489 e. The minimum atomic E-state index is -4.82. The van der Waals surface area contributed by atoms with Crippen LogP contribution in [0.3, 0.4) is 0 Å². The molecule has 0 amide bonds. The van der Waals surface area contributed by atoms with Crippen molar-refractivity contribution in [3.8, 4) is 17.1 Å². The average molecular weight is 409 g/mol. The van der Waals surface area contributed by atoms with E-state index in [2.05, 4.69) is 14.7 Å². The number of ether oxygens (including phenoxy) is 1. The summed E-state index contributed by atoms with van der Waals surface area (Å²) in [6, 6.07) is 3.50. The van der Waals surface area contributed by atoms with E-state index in [9.17, 15) is 26.0 Å². The van der Waals surface area contributed by atoms with Crippen molar-refractivity contribution in [1.82, 2.24) is 14.4 Å². The van der Waals surface area contributed by atoms with Crippen molar-refractivity contribution in [2.24, 2.45) is 0 Å². The van der Waals surface area contributed by atoms with Crippen molar-refractivity contribution in [3.05, 3.63) is 29.9 Å². The molecule has 1 aromatic heterocycles. The second-order valence-electron chi connectivity index (χ2n) is 5.85. The Hall–Kier alpha value is -2.21. The number of aromatic nitrogens is 2. The Bertz CT molecular complexity index is 929. The third-order valence-corrected chi connectivity index (χ3v) is 5.87. The van der Waals surface area contributed by atoms with Gasteiger partial charge < -0.3 is 9.26 Å². The van der Waals surface area contributed by atoms with Crippen molar-refractivity contribution >= 4 is 10.0 Å². The van der Waals surface area contributed by atoms with Gasteiger partial charge in [-0.25, -0.2) is 12.8 Å². The first kappa shape index (κ1) is 19.5. The fraction of sp³-hybridized carbons (Fsp3) is 0.467. The van der Waals surface area contributed by atoms with Crippen molar-refractivity contribution in [1.29, 1.82) is 0 Å². The van der Waals surface area contributed by atoms with E-state index in [1.165, 1.54) is 16.4 Å². The summed E-state index contributed by atoms with van der Waals surface area (Å²) in [5.41, 5.74) is -0.275. The molecule has 1 saturated heterocycles. The zero-order valence-corrected chi connectivity index (χ0v) is 14.8. The van der Waals surface area contributed by atoms with E-state index in [-0.39, 0.29) is 23.6 Å². The normalized spacial score (nSPS) is 18.8. The number of halogens is 4.